The number of aliphatic carboxylic acids is 1. The first-order valence-corrected chi connectivity index (χ1v) is 27.0. The average molecular weight is 902 g/mol. The number of rotatable bonds is 49. The van der Waals surface area contributed by atoms with Gasteiger partial charge in [0.1, 0.15) is 12.6 Å². The number of ether oxygens (including phenoxy) is 3. The number of nitrogens with zero attached hydrogens (tertiary/aromatic N) is 1. The summed E-state index contributed by atoms with van der Waals surface area (Å²) in [4.78, 5) is 37.1. The standard InChI is InChI=1S/C56H103NO7/c1-6-8-10-12-14-16-18-20-22-24-26-27-28-29-31-33-35-37-39-41-43-45-47-55(59)64-52(50-62-49-48-53(56(60)61)57(3,4)5)51-63-54(58)46-44-42-40-38-36-34-32-30-25-23-21-19-17-15-13-11-9-7-2/h23,25,28-30,32,52-53H,6-22,24,26-27,31,33-51H2,1-5H3/b25-23+,29-28+,32-30+. The van der Waals surface area contributed by atoms with Crippen molar-refractivity contribution in [3.63, 3.8) is 0 Å². The van der Waals surface area contributed by atoms with E-state index in [2.05, 4.69) is 50.3 Å². The zero-order valence-corrected chi connectivity index (χ0v) is 42.7. The summed E-state index contributed by atoms with van der Waals surface area (Å²) < 4.78 is 17.3. The second-order valence-electron chi connectivity index (χ2n) is 19.5. The maximum absolute atomic E-state index is 12.8. The van der Waals surface area contributed by atoms with Gasteiger partial charge in [-0.3, -0.25) is 9.59 Å². The van der Waals surface area contributed by atoms with Crippen molar-refractivity contribution >= 4 is 17.9 Å². The van der Waals surface area contributed by atoms with Crippen LogP contribution in [0.25, 0.3) is 0 Å². The summed E-state index contributed by atoms with van der Waals surface area (Å²) in [7, 11) is 5.42. The van der Waals surface area contributed by atoms with Gasteiger partial charge in [-0.1, -0.05) is 204 Å². The van der Waals surface area contributed by atoms with Gasteiger partial charge in [-0.25, -0.2) is 0 Å². The molecule has 0 bridgehead atoms. The lowest BCUT2D eigenvalue weighted by molar-refractivity contribution is -0.889. The Kier molecular flexibility index (Phi) is 45.3. The van der Waals surface area contributed by atoms with E-state index < -0.39 is 18.1 Å². The molecule has 2 unspecified atom stereocenters. The number of likely N-dealkylation sites (N-methyl/N-ethyl adjacent to an activating group) is 1. The molecular formula is C56H103NO7. The van der Waals surface area contributed by atoms with E-state index in [0.29, 0.717) is 12.8 Å². The van der Waals surface area contributed by atoms with E-state index >= 15 is 0 Å². The Labute approximate surface area is 395 Å². The lowest BCUT2D eigenvalue weighted by Crippen LogP contribution is -2.55. The van der Waals surface area contributed by atoms with Gasteiger partial charge in [0.2, 0.25) is 0 Å². The van der Waals surface area contributed by atoms with Crippen molar-refractivity contribution in [2.24, 2.45) is 0 Å². The minimum atomic E-state index is -1.13. The molecule has 0 saturated heterocycles. The van der Waals surface area contributed by atoms with Gasteiger partial charge < -0.3 is 28.6 Å². The lowest BCUT2D eigenvalue weighted by atomic mass is 10.0. The molecule has 8 nitrogen and oxygen atoms in total. The number of unbranched alkanes of at least 4 members (excludes halogenated alkanes) is 30. The minimum absolute atomic E-state index is 0.0356. The first-order valence-electron chi connectivity index (χ1n) is 27.0. The number of esters is 2. The third-order valence-corrected chi connectivity index (χ3v) is 12.3. The van der Waals surface area contributed by atoms with Crippen LogP contribution in [0.2, 0.25) is 0 Å². The zero-order chi connectivity index (χ0) is 47.0. The molecule has 0 aromatic rings. The molecule has 0 aromatic carbocycles. The summed E-state index contributed by atoms with van der Waals surface area (Å²) in [6, 6.07) is -0.729. The SMILES string of the molecule is CCCCCCCCC/C=C/C=C/CCCCCCCC(=O)OCC(COCCC(C(=O)[O-])[N+](C)(C)C)OC(=O)CCCCCCCCC/C=C/CCCCCCCCCCCCC. The first kappa shape index (κ1) is 61.5. The van der Waals surface area contributed by atoms with Crippen molar-refractivity contribution in [1.29, 1.82) is 0 Å². The van der Waals surface area contributed by atoms with E-state index in [-0.39, 0.29) is 42.7 Å². The highest BCUT2D eigenvalue weighted by Crippen LogP contribution is 2.15. The number of allylic oxidation sites excluding steroid dienone is 6. The highest BCUT2D eigenvalue weighted by atomic mass is 16.6. The molecule has 0 amide bonds. The van der Waals surface area contributed by atoms with Gasteiger partial charge in [-0.15, -0.1) is 0 Å². The molecule has 0 aliphatic carbocycles. The summed E-state index contributed by atoms with van der Waals surface area (Å²) in [6.45, 7) is 4.67. The van der Waals surface area contributed by atoms with Crippen LogP contribution in [-0.2, 0) is 28.6 Å². The van der Waals surface area contributed by atoms with Gasteiger partial charge >= 0.3 is 11.9 Å². The Bertz CT molecular complexity index is 1140. The van der Waals surface area contributed by atoms with Crippen molar-refractivity contribution in [3.05, 3.63) is 36.5 Å². The van der Waals surface area contributed by atoms with E-state index in [1.165, 1.54) is 161 Å². The van der Waals surface area contributed by atoms with Gasteiger partial charge in [0, 0.05) is 19.3 Å². The fourth-order valence-electron chi connectivity index (χ4n) is 8.06. The third-order valence-electron chi connectivity index (χ3n) is 12.3. The van der Waals surface area contributed by atoms with Crippen molar-refractivity contribution < 1.29 is 38.2 Å². The van der Waals surface area contributed by atoms with Gasteiger partial charge in [-0.2, -0.15) is 0 Å². The molecule has 0 heterocycles. The number of hydrogen-bond acceptors (Lipinski definition) is 7. The van der Waals surface area contributed by atoms with E-state index in [1.54, 1.807) is 21.1 Å². The van der Waals surface area contributed by atoms with E-state index in [9.17, 15) is 19.5 Å². The molecule has 0 spiro atoms. The molecule has 0 aromatic heterocycles. The molecule has 8 heteroatoms. The maximum Gasteiger partial charge on any atom is 0.306 e. The molecule has 0 rings (SSSR count). The second-order valence-corrected chi connectivity index (χ2v) is 19.5. The highest BCUT2D eigenvalue weighted by Gasteiger charge is 2.25. The molecule has 0 saturated carbocycles. The first-order chi connectivity index (χ1) is 31.1. The van der Waals surface area contributed by atoms with Crippen LogP contribution in [0.15, 0.2) is 36.5 Å². The molecule has 0 N–H and O–H groups in total. The van der Waals surface area contributed by atoms with Crippen LogP contribution in [0.4, 0.5) is 0 Å². The van der Waals surface area contributed by atoms with E-state index in [4.69, 9.17) is 14.2 Å². The van der Waals surface area contributed by atoms with Gasteiger partial charge in [0.05, 0.1) is 40.3 Å². The number of carboxylic acid groups (broad SMARTS) is 1. The number of carbonyl (C=O) groups excluding carboxylic acids is 3. The monoisotopic (exact) mass is 902 g/mol. The summed E-state index contributed by atoms with van der Waals surface area (Å²) in [5.41, 5.74) is 0. The summed E-state index contributed by atoms with van der Waals surface area (Å²) >= 11 is 0. The molecule has 64 heavy (non-hydrogen) atoms. The van der Waals surface area contributed by atoms with Crippen LogP contribution in [0, 0.1) is 0 Å². The van der Waals surface area contributed by atoms with Crippen LogP contribution in [0.1, 0.15) is 251 Å². The summed E-state index contributed by atoms with van der Waals surface area (Å²) in [5, 5.41) is 11.7. The van der Waals surface area contributed by atoms with Gasteiger partial charge in [0.25, 0.3) is 0 Å². The Morgan fingerprint density at radius 3 is 1.22 bits per heavy atom. The van der Waals surface area contributed by atoms with Gasteiger partial charge in [-0.05, 0) is 64.2 Å². The van der Waals surface area contributed by atoms with Crippen molar-refractivity contribution in [1.82, 2.24) is 0 Å². The third kappa shape index (κ3) is 44.7. The number of hydrogen-bond donors (Lipinski definition) is 0. The Morgan fingerprint density at radius 1 is 0.469 bits per heavy atom. The van der Waals surface area contributed by atoms with Crippen molar-refractivity contribution in [3.8, 4) is 0 Å². The molecular weight excluding hydrogens is 799 g/mol. The van der Waals surface area contributed by atoms with Crippen LogP contribution in [0.3, 0.4) is 0 Å². The smallest absolute Gasteiger partial charge is 0.306 e. The van der Waals surface area contributed by atoms with Crippen molar-refractivity contribution in [2.75, 3.05) is 41.0 Å². The van der Waals surface area contributed by atoms with E-state index in [0.717, 1.165) is 57.8 Å². The fraction of sp³-hybridized carbons (Fsp3) is 0.839. The lowest BCUT2D eigenvalue weighted by Gasteiger charge is -2.34. The van der Waals surface area contributed by atoms with E-state index in [1.807, 2.05) is 0 Å². The Morgan fingerprint density at radius 2 is 0.828 bits per heavy atom. The second kappa shape index (κ2) is 47.1. The largest absolute Gasteiger partial charge is 0.544 e. The predicted molar refractivity (Wildman–Crippen MR) is 268 cm³/mol. The normalized spacial score (nSPS) is 13.1. The fourth-order valence-corrected chi connectivity index (χ4v) is 8.06. The summed E-state index contributed by atoms with van der Waals surface area (Å²) in [6.07, 6.45) is 56.1. The predicted octanol–water partition coefficient (Wildman–Crippen LogP) is 14.4. The van der Waals surface area contributed by atoms with Crippen LogP contribution in [0.5, 0.6) is 0 Å². The molecule has 374 valence electrons. The average Bonchev–Trinajstić information content (AvgIpc) is 3.26. The van der Waals surface area contributed by atoms with Crippen LogP contribution < -0.4 is 5.11 Å². The van der Waals surface area contributed by atoms with Crippen molar-refractivity contribution in [2.45, 2.75) is 264 Å². The zero-order valence-electron chi connectivity index (χ0n) is 42.7. The number of carboxylic acids is 1. The minimum Gasteiger partial charge on any atom is -0.544 e. The van der Waals surface area contributed by atoms with Gasteiger partial charge in [0.15, 0.2) is 6.10 Å². The number of carbonyl (C=O) groups is 3. The maximum atomic E-state index is 12.8. The number of quaternary nitrogens is 1. The molecule has 0 fully saturated rings. The topological polar surface area (TPSA) is 102 Å². The molecule has 2 atom stereocenters. The van der Waals surface area contributed by atoms with Crippen LogP contribution >= 0.6 is 0 Å². The Balaban J connectivity index is 4.23. The Hall–Kier alpha value is -2.45. The molecule has 0 aliphatic rings. The molecule has 0 aliphatic heterocycles. The highest BCUT2D eigenvalue weighted by molar-refractivity contribution is 5.70. The quantitative estimate of drug-likeness (QED) is 0.0197. The summed E-state index contributed by atoms with van der Waals surface area (Å²) in [5.74, 6) is -1.75. The molecule has 0 radical (unpaired) electrons. The van der Waals surface area contributed by atoms with Crippen LogP contribution in [-0.4, -0.2) is 75.5 Å².